The highest BCUT2D eigenvalue weighted by molar-refractivity contribution is 5.50. The molecule has 0 radical (unpaired) electrons. The number of carbonyl (C=O) groups excluding carboxylic acids is 1. The minimum absolute atomic E-state index is 0.495. The fourth-order valence-corrected chi connectivity index (χ4v) is 1.73. The van der Waals surface area contributed by atoms with E-state index in [-0.39, 0.29) is 0 Å². The average molecular weight is 152 g/mol. The molecule has 1 atom stereocenters. The minimum Gasteiger partial charge on any atom is -0.303 e. The quantitative estimate of drug-likeness (QED) is 0.338. The Labute approximate surface area is 68.5 Å². The van der Waals surface area contributed by atoms with Crippen LogP contribution in [0.4, 0.5) is 0 Å². The third kappa shape index (κ3) is 2.49. The van der Waals surface area contributed by atoms with E-state index < -0.39 is 0 Å². The summed E-state index contributed by atoms with van der Waals surface area (Å²) in [5, 5.41) is 0. The van der Waals surface area contributed by atoms with Crippen LogP contribution in [0.3, 0.4) is 0 Å². The van der Waals surface area contributed by atoms with E-state index in [1.54, 1.807) is 0 Å². The van der Waals surface area contributed by atoms with Gasteiger partial charge in [-0.1, -0.05) is 25.0 Å². The van der Waals surface area contributed by atoms with Gasteiger partial charge in [-0.15, -0.1) is 0 Å². The zero-order chi connectivity index (χ0) is 8.10. The molecule has 0 spiro atoms. The summed E-state index contributed by atoms with van der Waals surface area (Å²) in [5.41, 5.74) is 1.30. The topological polar surface area (TPSA) is 17.1 Å². The van der Waals surface area contributed by atoms with Crippen molar-refractivity contribution < 1.29 is 4.79 Å². The van der Waals surface area contributed by atoms with E-state index in [2.05, 4.69) is 6.58 Å². The Bertz CT molecular complexity index is 149. The summed E-state index contributed by atoms with van der Waals surface area (Å²) >= 11 is 0. The zero-order valence-electron chi connectivity index (χ0n) is 7.01. The fraction of sp³-hybridized carbons (Fsp3) is 0.700. The summed E-state index contributed by atoms with van der Waals surface area (Å²) in [4.78, 5) is 10.3. The van der Waals surface area contributed by atoms with Crippen molar-refractivity contribution in [3.8, 4) is 0 Å². The zero-order valence-corrected chi connectivity index (χ0v) is 7.01. The average Bonchev–Trinajstić information content (AvgIpc) is 2.18. The molecule has 0 aromatic carbocycles. The van der Waals surface area contributed by atoms with E-state index in [9.17, 15) is 4.79 Å². The van der Waals surface area contributed by atoms with Crippen LogP contribution >= 0.6 is 0 Å². The third-order valence-electron chi connectivity index (χ3n) is 2.51. The first-order valence-corrected chi connectivity index (χ1v) is 4.46. The van der Waals surface area contributed by atoms with Gasteiger partial charge in [-0.25, -0.2) is 0 Å². The molecule has 0 N–H and O–H groups in total. The Morgan fingerprint density at radius 1 is 1.45 bits per heavy atom. The van der Waals surface area contributed by atoms with Crippen LogP contribution in [0.5, 0.6) is 0 Å². The largest absolute Gasteiger partial charge is 0.303 e. The van der Waals surface area contributed by atoms with Crippen molar-refractivity contribution in [2.24, 2.45) is 5.92 Å². The Balaban J connectivity index is 2.45. The van der Waals surface area contributed by atoms with E-state index in [1.807, 2.05) is 0 Å². The predicted octanol–water partition coefficient (Wildman–Crippen LogP) is 2.71. The lowest BCUT2D eigenvalue weighted by Gasteiger charge is -2.12. The van der Waals surface area contributed by atoms with Crippen molar-refractivity contribution in [2.45, 2.75) is 38.5 Å². The smallest absolute Gasteiger partial charge is 0.120 e. The summed E-state index contributed by atoms with van der Waals surface area (Å²) in [6, 6.07) is 0. The van der Waals surface area contributed by atoms with Crippen molar-refractivity contribution >= 4 is 6.29 Å². The van der Waals surface area contributed by atoms with E-state index in [4.69, 9.17) is 0 Å². The van der Waals surface area contributed by atoms with E-state index >= 15 is 0 Å². The fourth-order valence-electron chi connectivity index (χ4n) is 1.73. The molecule has 1 unspecified atom stereocenters. The molecule has 1 saturated carbocycles. The highest BCUT2D eigenvalue weighted by atomic mass is 16.1. The molecule has 1 fully saturated rings. The molecule has 0 aliphatic heterocycles. The molecule has 1 aliphatic carbocycles. The van der Waals surface area contributed by atoms with Crippen LogP contribution in [0.15, 0.2) is 12.2 Å². The van der Waals surface area contributed by atoms with Crippen molar-refractivity contribution in [2.75, 3.05) is 0 Å². The van der Waals surface area contributed by atoms with Crippen LogP contribution in [0.1, 0.15) is 38.5 Å². The summed E-state index contributed by atoms with van der Waals surface area (Å²) in [6.45, 7) is 4.02. The first kappa shape index (κ1) is 8.51. The van der Waals surface area contributed by atoms with E-state index in [1.165, 1.54) is 31.3 Å². The number of carbonyl (C=O) groups is 1. The monoisotopic (exact) mass is 152 g/mol. The van der Waals surface area contributed by atoms with Gasteiger partial charge in [-0.3, -0.25) is 0 Å². The lowest BCUT2D eigenvalue weighted by atomic mass is 9.93. The number of hydrogen-bond acceptors (Lipinski definition) is 1. The van der Waals surface area contributed by atoms with Crippen molar-refractivity contribution in [3.63, 3.8) is 0 Å². The molecule has 0 amide bonds. The minimum atomic E-state index is 0.495. The molecule has 0 aromatic rings. The molecule has 1 nitrogen and oxygen atoms in total. The molecular weight excluding hydrogens is 136 g/mol. The van der Waals surface area contributed by atoms with E-state index in [0.717, 1.165) is 12.7 Å². The number of allylic oxidation sites excluding steroid dienone is 1. The number of rotatable bonds is 2. The lowest BCUT2D eigenvalue weighted by molar-refractivity contribution is -0.108. The van der Waals surface area contributed by atoms with Crippen LogP contribution in [0.2, 0.25) is 0 Å². The number of aldehydes is 1. The normalized spacial score (nSPS) is 26.2. The first-order chi connectivity index (χ1) is 5.34. The van der Waals surface area contributed by atoms with Gasteiger partial charge in [0, 0.05) is 6.42 Å². The predicted molar refractivity (Wildman–Crippen MR) is 46.4 cm³/mol. The van der Waals surface area contributed by atoms with Crippen molar-refractivity contribution in [1.29, 1.82) is 0 Å². The molecule has 0 heterocycles. The van der Waals surface area contributed by atoms with Gasteiger partial charge in [0.25, 0.3) is 0 Å². The summed E-state index contributed by atoms with van der Waals surface area (Å²) in [5.74, 6) is 0.495. The Morgan fingerprint density at radius 3 is 3.00 bits per heavy atom. The second-order valence-electron chi connectivity index (χ2n) is 3.36. The molecule has 0 saturated heterocycles. The second-order valence-corrected chi connectivity index (χ2v) is 3.36. The lowest BCUT2D eigenvalue weighted by Crippen LogP contribution is -2.01. The maximum absolute atomic E-state index is 10.3. The maximum Gasteiger partial charge on any atom is 0.120 e. The summed E-state index contributed by atoms with van der Waals surface area (Å²) in [7, 11) is 0. The van der Waals surface area contributed by atoms with Gasteiger partial charge in [0.05, 0.1) is 0 Å². The maximum atomic E-state index is 10.3. The van der Waals surface area contributed by atoms with Gasteiger partial charge < -0.3 is 4.79 Å². The molecule has 1 aliphatic rings. The van der Waals surface area contributed by atoms with Crippen LogP contribution in [0, 0.1) is 5.92 Å². The van der Waals surface area contributed by atoms with Crippen LogP contribution in [-0.2, 0) is 4.79 Å². The number of hydrogen-bond donors (Lipinski definition) is 0. The van der Waals surface area contributed by atoms with Gasteiger partial charge in [-0.05, 0) is 25.2 Å². The van der Waals surface area contributed by atoms with Gasteiger partial charge in [0.2, 0.25) is 0 Å². The first-order valence-electron chi connectivity index (χ1n) is 4.46. The van der Waals surface area contributed by atoms with Crippen LogP contribution < -0.4 is 0 Å². The molecule has 0 bridgehead atoms. The molecule has 1 heteroatoms. The molecular formula is C10H16O. The summed E-state index contributed by atoms with van der Waals surface area (Å²) < 4.78 is 0. The van der Waals surface area contributed by atoms with Gasteiger partial charge in [0.15, 0.2) is 0 Å². The Kier molecular flexibility index (Phi) is 3.34. The van der Waals surface area contributed by atoms with Crippen molar-refractivity contribution in [3.05, 3.63) is 12.2 Å². The molecule has 11 heavy (non-hydrogen) atoms. The van der Waals surface area contributed by atoms with Gasteiger partial charge in [-0.2, -0.15) is 0 Å². The molecule has 62 valence electrons. The van der Waals surface area contributed by atoms with Crippen molar-refractivity contribution in [1.82, 2.24) is 0 Å². The standard InChI is InChI=1S/C10H16O/c1-9-5-3-2-4-6-10(9)7-8-11/h8,10H,1-7H2. The van der Waals surface area contributed by atoms with Gasteiger partial charge >= 0.3 is 0 Å². The van der Waals surface area contributed by atoms with Crippen LogP contribution in [0.25, 0.3) is 0 Å². The Morgan fingerprint density at radius 2 is 2.27 bits per heavy atom. The third-order valence-corrected chi connectivity index (χ3v) is 2.51. The van der Waals surface area contributed by atoms with Crippen LogP contribution in [-0.4, -0.2) is 6.29 Å². The highest BCUT2D eigenvalue weighted by Crippen LogP contribution is 2.28. The molecule has 1 rings (SSSR count). The SMILES string of the molecule is C=C1CCCCCC1CC=O. The second kappa shape index (κ2) is 4.32. The molecule has 0 aromatic heterocycles. The van der Waals surface area contributed by atoms with Gasteiger partial charge in [0.1, 0.15) is 6.29 Å². The highest BCUT2D eigenvalue weighted by Gasteiger charge is 2.14. The van der Waals surface area contributed by atoms with E-state index in [0.29, 0.717) is 12.3 Å². The summed E-state index contributed by atoms with van der Waals surface area (Å²) in [6.07, 6.45) is 7.90. The Hall–Kier alpha value is -0.590.